The van der Waals surface area contributed by atoms with Crippen molar-refractivity contribution in [2.45, 2.75) is 6.54 Å². The monoisotopic (exact) mass is 364 g/mol. The highest BCUT2D eigenvalue weighted by atomic mass is 79.9. The van der Waals surface area contributed by atoms with Gasteiger partial charge in [0.1, 0.15) is 5.69 Å². The number of nitrogens with one attached hydrogen (secondary N) is 2. The molecule has 0 aliphatic rings. The summed E-state index contributed by atoms with van der Waals surface area (Å²) in [6.45, 7) is 0.527. The number of fused-ring (bicyclic) bond motifs is 1. The molecular formula is C16H14BrClN2O. The van der Waals surface area contributed by atoms with Gasteiger partial charge in [-0.2, -0.15) is 0 Å². The van der Waals surface area contributed by atoms with Gasteiger partial charge in [0.05, 0.1) is 0 Å². The van der Waals surface area contributed by atoms with Gasteiger partial charge in [0.2, 0.25) is 0 Å². The van der Waals surface area contributed by atoms with Gasteiger partial charge in [0.25, 0.3) is 5.91 Å². The van der Waals surface area contributed by atoms with Crippen LogP contribution in [-0.4, -0.2) is 10.9 Å². The minimum absolute atomic E-state index is 0. The van der Waals surface area contributed by atoms with Gasteiger partial charge < -0.3 is 10.3 Å². The Morgan fingerprint density at radius 2 is 1.86 bits per heavy atom. The van der Waals surface area contributed by atoms with Crippen LogP contribution in [0.15, 0.2) is 59.1 Å². The molecule has 1 amide bonds. The minimum Gasteiger partial charge on any atom is -0.351 e. The Balaban J connectivity index is 0.00000161. The maximum absolute atomic E-state index is 12.1. The zero-order chi connectivity index (χ0) is 13.9. The second-order valence-corrected chi connectivity index (χ2v) is 5.50. The van der Waals surface area contributed by atoms with E-state index in [4.69, 9.17) is 0 Å². The van der Waals surface area contributed by atoms with Crippen molar-refractivity contribution in [1.29, 1.82) is 0 Å². The lowest BCUT2D eigenvalue weighted by molar-refractivity contribution is 0.0947. The molecule has 0 aliphatic carbocycles. The van der Waals surface area contributed by atoms with Crippen LogP contribution in [0.2, 0.25) is 0 Å². The topological polar surface area (TPSA) is 44.9 Å². The smallest absolute Gasteiger partial charge is 0.267 e. The summed E-state index contributed by atoms with van der Waals surface area (Å²) >= 11 is 3.43. The molecule has 0 radical (unpaired) electrons. The van der Waals surface area contributed by atoms with Crippen molar-refractivity contribution in [2.75, 3.05) is 0 Å². The number of hydrogen-bond acceptors (Lipinski definition) is 1. The van der Waals surface area contributed by atoms with E-state index in [1.807, 2.05) is 54.6 Å². The molecule has 0 saturated heterocycles. The molecular weight excluding hydrogens is 352 g/mol. The second-order valence-electron chi connectivity index (χ2n) is 4.58. The largest absolute Gasteiger partial charge is 0.351 e. The number of carbonyl (C=O) groups is 1. The lowest BCUT2D eigenvalue weighted by atomic mass is 10.2. The molecule has 3 nitrogen and oxygen atoms in total. The highest BCUT2D eigenvalue weighted by Gasteiger charge is 2.09. The van der Waals surface area contributed by atoms with E-state index in [0.29, 0.717) is 12.2 Å². The first-order chi connectivity index (χ1) is 9.72. The molecule has 0 fully saturated rings. The Bertz CT molecular complexity index is 755. The first-order valence-electron chi connectivity index (χ1n) is 6.33. The van der Waals surface area contributed by atoms with Gasteiger partial charge in [-0.05, 0) is 29.8 Å². The average molecular weight is 366 g/mol. The Kier molecular flexibility index (Phi) is 5.04. The third-order valence-electron chi connectivity index (χ3n) is 3.12. The van der Waals surface area contributed by atoms with Crippen LogP contribution in [0, 0.1) is 0 Å². The number of amides is 1. The maximum atomic E-state index is 12.1. The average Bonchev–Trinajstić information content (AvgIpc) is 2.89. The van der Waals surface area contributed by atoms with Crippen LogP contribution in [0.5, 0.6) is 0 Å². The molecule has 0 bridgehead atoms. The third kappa shape index (κ3) is 3.65. The van der Waals surface area contributed by atoms with Gasteiger partial charge in [-0.1, -0.05) is 46.3 Å². The predicted octanol–water partition coefficient (Wildman–Crippen LogP) is 4.28. The van der Waals surface area contributed by atoms with E-state index in [2.05, 4.69) is 26.2 Å². The van der Waals surface area contributed by atoms with Crippen molar-refractivity contribution in [1.82, 2.24) is 10.3 Å². The Morgan fingerprint density at radius 1 is 1.10 bits per heavy atom. The molecule has 0 atom stereocenters. The number of H-pyrrole nitrogens is 1. The van der Waals surface area contributed by atoms with Crippen LogP contribution in [0.3, 0.4) is 0 Å². The normalized spacial score (nSPS) is 10.1. The fourth-order valence-electron chi connectivity index (χ4n) is 2.10. The summed E-state index contributed by atoms with van der Waals surface area (Å²) in [6.07, 6.45) is 0. The zero-order valence-corrected chi connectivity index (χ0v) is 13.5. The molecule has 0 spiro atoms. The highest BCUT2D eigenvalue weighted by Crippen LogP contribution is 2.20. The summed E-state index contributed by atoms with van der Waals surface area (Å²) in [6, 6.07) is 17.6. The molecule has 0 aliphatic heterocycles. The Morgan fingerprint density at radius 3 is 2.62 bits per heavy atom. The molecule has 1 heterocycles. The summed E-state index contributed by atoms with van der Waals surface area (Å²) in [4.78, 5) is 15.2. The molecule has 2 N–H and O–H groups in total. The molecule has 1 aromatic heterocycles. The van der Waals surface area contributed by atoms with Gasteiger partial charge in [-0.3, -0.25) is 4.79 Å². The van der Waals surface area contributed by atoms with Crippen molar-refractivity contribution in [3.8, 4) is 0 Å². The SMILES string of the molecule is Cl.O=C(NCc1ccccc1)c1cc2cc(Br)ccc2[nH]1. The first-order valence-corrected chi connectivity index (χ1v) is 7.12. The standard InChI is InChI=1S/C16H13BrN2O.ClH/c17-13-6-7-14-12(8-13)9-15(19-14)16(20)18-10-11-4-2-1-3-5-11;/h1-9,19H,10H2,(H,18,20);1H. The van der Waals surface area contributed by atoms with Crippen LogP contribution in [0.4, 0.5) is 0 Å². The van der Waals surface area contributed by atoms with E-state index in [-0.39, 0.29) is 18.3 Å². The van der Waals surface area contributed by atoms with Crippen molar-refractivity contribution in [3.05, 3.63) is 70.3 Å². The summed E-state index contributed by atoms with van der Waals surface area (Å²) < 4.78 is 1.00. The van der Waals surface area contributed by atoms with E-state index in [1.54, 1.807) is 0 Å². The number of halogens is 2. The molecule has 0 unspecified atom stereocenters. The molecule has 0 saturated carbocycles. The highest BCUT2D eigenvalue weighted by molar-refractivity contribution is 9.10. The lowest BCUT2D eigenvalue weighted by Gasteiger charge is -2.03. The third-order valence-corrected chi connectivity index (χ3v) is 3.62. The number of aromatic nitrogens is 1. The van der Waals surface area contributed by atoms with E-state index < -0.39 is 0 Å². The van der Waals surface area contributed by atoms with Crippen LogP contribution in [-0.2, 0) is 6.54 Å². The fraction of sp³-hybridized carbons (Fsp3) is 0.0625. The van der Waals surface area contributed by atoms with E-state index >= 15 is 0 Å². The molecule has 3 rings (SSSR count). The fourth-order valence-corrected chi connectivity index (χ4v) is 2.48. The summed E-state index contributed by atoms with van der Waals surface area (Å²) in [5.74, 6) is -0.0961. The van der Waals surface area contributed by atoms with Crippen molar-refractivity contribution in [3.63, 3.8) is 0 Å². The first kappa shape index (κ1) is 15.6. The minimum atomic E-state index is -0.0961. The van der Waals surface area contributed by atoms with Gasteiger partial charge in [0.15, 0.2) is 0 Å². The van der Waals surface area contributed by atoms with Gasteiger partial charge in [-0.15, -0.1) is 12.4 Å². The number of rotatable bonds is 3. The summed E-state index contributed by atoms with van der Waals surface area (Å²) in [5.41, 5.74) is 2.62. The van der Waals surface area contributed by atoms with Gasteiger partial charge in [-0.25, -0.2) is 0 Å². The number of carbonyl (C=O) groups excluding carboxylic acids is 1. The summed E-state index contributed by atoms with van der Waals surface area (Å²) in [5, 5.41) is 3.93. The van der Waals surface area contributed by atoms with Crippen LogP contribution < -0.4 is 5.32 Å². The van der Waals surface area contributed by atoms with E-state index in [0.717, 1.165) is 20.9 Å². The maximum Gasteiger partial charge on any atom is 0.267 e. The molecule has 3 aromatic rings. The molecule has 5 heteroatoms. The molecule has 108 valence electrons. The van der Waals surface area contributed by atoms with E-state index in [9.17, 15) is 4.79 Å². The Labute approximate surface area is 137 Å². The zero-order valence-electron chi connectivity index (χ0n) is 11.1. The van der Waals surface area contributed by atoms with Crippen LogP contribution in [0.25, 0.3) is 10.9 Å². The predicted molar refractivity (Wildman–Crippen MR) is 90.9 cm³/mol. The molecule has 21 heavy (non-hydrogen) atoms. The summed E-state index contributed by atoms with van der Waals surface area (Å²) in [7, 11) is 0. The van der Waals surface area contributed by atoms with E-state index in [1.165, 1.54) is 0 Å². The molecule has 2 aromatic carbocycles. The second kappa shape index (κ2) is 6.78. The number of aromatic amines is 1. The van der Waals surface area contributed by atoms with Crippen LogP contribution >= 0.6 is 28.3 Å². The van der Waals surface area contributed by atoms with Gasteiger partial charge in [0, 0.05) is 21.9 Å². The van der Waals surface area contributed by atoms with Crippen LogP contribution in [0.1, 0.15) is 16.1 Å². The van der Waals surface area contributed by atoms with Crippen molar-refractivity contribution < 1.29 is 4.79 Å². The quantitative estimate of drug-likeness (QED) is 0.715. The number of hydrogen-bond donors (Lipinski definition) is 2. The van der Waals surface area contributed by atoms with Crippen molar-refractivity contribution >= 4 is 45.1 Å². The van der Waals surface area contributed by atoms with Crippen molar-refractivity contribution in [2.24, 2.45) is 0 Å². The number of benzene rings is 2. The Hall–Kier alpha value is -1.78. The lowest BCUT2D eigenvalue weighted by Crippen LogP contribution is -2.22. The van der Waals surface area contributed by atoms with Gasteiger partial charge >= 0.3 is 0 Å².